The van der Waals surface area contributed by atoms with Crippen LogP contribution in [0.3, 0.4) is 0 Å². The maximum Gasteiger partial charge on any atom is 0.334 e. The van der Waals surface area contributed by atoms with Crippen molar-refractivity contribution in [1.29, 1.82) is 0 Å². The van der Waals surface area contributed by atoms with Gasteiger partial charge in [0, 0.05) is 18.7 Å². The van der Waals surface area contributed by atoms with Crippen molar-refractivity contribution >= 4 is 5.97 Å². The zero-order valence-corrected chi connectivity index (χ0v) is 11.4. The predicted molar refractivity (Wildman–Crippen MR) is 71.5 cm³/mol. The van der Waals surface area contributed by atoms with Gasteiger partial charge in [-0.1, -0.05) is 25.8 Å². The molecular formula is C14H25NO3. The topological polar surface area (TPSA) is 47.6 Å². The molecule has 1 N–H and O–H groups in total. The summed E-state index contributed by atoms with van der Waals surface area (Å²) in [7, 11) is 0. The lowest BCUT2D eigenvalue weighted by atomic mass is 9.98. The van der Waals surface area contributed by atoms with Gasteiger partial charge in [-0.05, 0) is 19.8 Å². The summed E-state index contributed by atoms with van der Waals surface area (Å²) in [4.78, 5) is 11.3. The molecule has 1 rings (SSSR count). The second-order valence-electron chi connectivity index (χ2n) is 4.63. The standard InChI is InChI=1S/C14H25NO3/c1-3-17-14(16)12(2)11-15-9-10-18-13-7-5-4-6-8-13/h13,15H,2-11H2,1H3. The van der Waals surface area contributed by atoms with E-state index in [-0.39, 0.29) is 5.97 Å². The van der Waals surface area contributed by atoms with Crippen LogP contribution in [0, 0.1) is 0 Å². The first-order valence-electron chi connectivity index (χ1n) is 6.91. The van der Waals surface area contributed by atoms with Gasteiger partial charge in [-0.3, -0.25) is 0 Å². The Bertz CT molecular complexity index is 260. The van der Waals surface area contributed by atoms with Crippen LogP contribution in [-0.4, -0.2) is 38.4 Å². The molecule has 0 aromatic heterocycles. The van der Waals surface area contributed by atoms with E-state index in [1.807, 2.05) is 0 Å². The van der Waals surface area contributed by atoms with Crippen molar-refractivity contribution in [1.82, 2.24) is 5.32 Å². The van der Waals surface area contributed by atoms with Crippen LogP contribution >= 0.6 is 0 Å². The number of rotatable bonds is 8. The van der Waals surface area contributed by atoms with E-state index in [9.17, 15) is 4.79 Å². The average Bonchev–Trinajstić information content (AvgIpc) is 2.39. The van der Waals surface area contributed by atoms with Crippen LogP contribution in [0.25, 0.3) is 0 Å². The van der Waals surface area contributed by atoms with Crippen LogP contribution in [0.4, 0.5) is 0 Å². The van der Waals surface area contributed by atoms with Gasteiger partial charge < -0.3 is 14.8 Å². The molecule has 4 nitrogen and oxygen atoms in total. The van der Waals surface area contributed by atoms with Crippen LogP contribution in [0.2, 0.25) is 0 Å². The molecule has 0 saturated heterocycles. The molecular weight excluding hydrogens is 230 g/mol. The number of esters is 1. The van der Waals surface area contributed by atoms with Gasteiger partial charge in [0.1, 0.15) is 0 Å². The van der Waals surface area contributed by atoms with Gasteiger partial charge in [0.2, 0.25) is 0 Å². The quantitative estimate of drug-likeness (QED) is 0.409. The lowest BCUT2D eigenvalue weighted by Crippen LogP contribution is -2.27. The Morgan fingerprint density at radius 2 is 2.06 bits per heavy atom. The van der Waals surface area contributed by atoms with Crippen molar-refractivity contribution in [2.75, 3.05) is 26.3 Å². The Kier molecular flexibility index (Phi) is 7.69. The zero-order chi connectivity index (χ0) is 13.2. The van der Waals surface area contributed by atoms with E-state index in [2.05, 4.69) is 11.9 Å². The van der Waals surface area contributed by atoms with Gasteiger partial charge in [-0.25, -0.2) is 4.79 Å². The Morgan fingerprint density at radius 3 is 2.72 bits per heavy atom. The molecule has 0 radical (unpaired) electrons. The van der Waals surface area contributed by atoms with E-state index in [0.717, 1.165) is 6.54 Å². The second-order valence-corrected chi connectivity index (χ2v) is 4.63. The third kappa shape index (κ3) is 6.17. The number of carbonyl (C=O) groups excluding carboxylic acids is 1. The largest absolute Gasteiger partial charge is 0.463 e. The van der Waals surface area contributed by atoms with Crippen LogP contribution in [0.5, 0.6) is 0 Å². The molecule has 0 aromatic rings. The SMILES string of the molecule is C=C(CNCCOC1CCCCC1)C(=O)OCC. The molecule has 1 fully saturated rings. The predicted octanol–water partition coefficient (Wildman–Crippen LogP) is 2.04. The summed E-state index contributed by atoms with van der Waals surface area (Å²) in [6.07, 6.45) is 6.74. The minimum absolute atomic E-state index is 0.321. The fourth-order valence-electron chi connectivity index (χ4n) is 2.07. The molecule has 104 valence electrons. The Morgan fingerprint density at radius 1 is 1.33 bits per heavy atom. The maximum absolute atomic E-state index is 11.3. The van der Waals surface area contributed by atoms with E-state index in [1.54, 1.807) is 6.92 Å². The van der Waals surface area contributed by atoms with Crippen molar-refractivity contribution in [3.8, 4) is 0 Å². The van der Waals surface area contributed by atoms with Gasteiger partial charge in [0.15, 0.2) is 0 Å². The Hall–Kier alpha value is -0.870. The molecule has 0 amide bonds. The molecule has 4 heteroatoms. The number of nitrogens with one attached hydrogen (secondary N) is 1. The highest BCUT2D eigenvalue weighted by atomic mass is 16.5. The third-order valence-corrected chi connectivity index (χ3v) is 3.09. The Labute approximate surface area is 110 Å². The zero-order valence-electron chi connectivity index (χ0n) is 11.4. The molecule has 1 aliphatic carbocycles. The van der Waals surface area contributed by atoms with Gasteiger partial charge in [-0.15, -0.1) is 0 Å². The minimum atomic E-state index is -0.321. The Balaban J connectivity index is 1.97. The van der Waals surface area contributed by atoms with E-state index in [0.29, 0.717) is 31.4 Å². The van der Waals surface area contributed by atoms with Crippen molar-refractivity contribution < 1.29 is 14.3 Å². The highest BCUT2D eigenvalue weighted by molar-refractivity contribution is 5.88. The van der Waals surface area contributed by atoms with E-state index < -0.39 is 0 Å². The molecule has 1 saturated carbocycles. The highest BCUT2D eigenvalue weighted by Crippen LogP contribution is 2.19. The van der Waals surface area contributed by atoms with E-state index in [1.165, 1.54) is 32.1 Å². The molecule has 0 aromatic carbocycles. The smallest absolute Gasteiger partial charge is 0.334 e. The molecule has 18 heavy (non-hydrogen) atoms. The summed E-state index contributed by atoms with van der Waals surface area (Å²) in [6.45, 7) is 7.77. The summed E-state index contributed by atoms with van der Waals surface area (Å²) < 4.78 is 10.6. The summed E-state index contributed by atoms with van der Waals surface area (Å²) >= 11 is 0. The fraction of sp³-hybridized carbons (Fsp3) is 0.786. The molecule has 0 heterocycles. The van der Waals surface area contributed by atoms with E-state index in [4.69, 9.17) is 9.47 Å². The van der Waals surface area contributed by atoms with Crippen molar-refractivity contribution in [2.24, 2.45) is 0 Å². The van der Waals surface area contributed by atoms with Gasteiger partial charge in [0.25, 0.3) is 0 Å². The summed E-state index contributed by atoms with van der Waals surface area (Å²) in [5, 5.41) is 3.14. The monoisotopic (exact) mass is 255 g/mol. The summed E-state index contributed by atoms with van der Waals surface area (Å²) in [6, 6.07) is 0. The van der Waals surface area contributed by atoms with Crippen molar-refractivity contribution in [2.45, 2.75) is 45.1 Å². The maximum atomic E-state index is 11.3. The molecule has 0 atom stereocenters. The first-order chi connectivity index (χ1) is 8.74. The number of carbonyl (C=O) groups is 1. The van der Waals surface area contributed by atoms with Crippen molar-refractivity contribution in [3.05, 3.63) is 12.2 Å². The molecule has 0 unspecified atom stereocenters. The first kappa shape index (κ1) is 15.2. The number of ether oxygens (including phenoxy) is 2. The average molecular weight is 255 g/mol. The third-order valence-electron chi connectivity index (χ3n) is 3.09. The minimum Gasteiger partial charge on any atom is -0.463 e. The van der Waals surface area contributed by atoms with Crippen LogP contribution < -0.4 is 5.32 Å². The summed E-state index contributed by atoms with van der Waals surface area (Å²) in [5.41, 5.74) is 0.467. The second kappa shape index (κ2) is 9.11. The molecule has 0 spiro atoms. The number of hydrogen-bond acceptors (Lipinski definition) is 4. The fourth-order valence-corrected chi connectivity index (χ4v) is 2.07. The van der Waals surface area contributed by atoms with Gasteiger partial charge >= 0.3 is 5.97 Å². The van der Waals surface area contributed by atoms with Crippen LogP contribution in [0.1, 0.15) is 39.0 Å². The highest BCUT2D eigenvalue weighted by Gasteiger charge is 2.13. The molecule has 1 aliphatic rings. The lowest BCUT2D eigenvalue weighted by molar-refractivity contribution is -0.138. The lowest BCUT2D eigenvalue weighted by Gasteiger charge is -2.22. The van der Waals surface area contributed by atoms with Crippen LogP contribution in [0.15, 0.2) is 12.2 Å². The van der Waals surface area contributed by atoms with Gasteiger partial charge in [0.05, 0.1) is 19.3 Å². The molecule has 0 bridgehead atoms. The van der Waals surface area contributed by atoms with Crippen molar-refractivity contribution in [3.63, 3.8) is 0 Å². The summed E-state index contributed by atoms with van der Waals surface area (Å²) in [5.74, 6) is -0.321. The van der Waals surface area contributed by atoms with Crippen LogP contribution in [-0.2, 0) is 14.3 Å². The number of hydrogen-bond donors (Lipinski definition) is 1. The first-order valence-corrected chi connectivity index (χ1v) is 6.91. The normalized spacial score (nSPS) is 16.5. The van der Waals surface area contributed by atoms with E-state index >= 15 is 0 Å². The van der Waals surface area contributed by atoms with Gasteiger partial charge in [-0.2, -0.15) is 0 Å². The molecule has 0 aliphatic heterocycles.